The van der Waals surface area contributed by atoms with Crippen molar-refractivity contribution in [2.75, 3.05) is 7.11 Å². The molecule has 3 rings (SSSR count). The number of methoxy groups -OCH3 is 1. The van der Waals surface area contributed by atoms with E-state index in [2.05, 4.69) is 0 Å². The molecule has 4 heteroatoms. The molecule has 0 bridgehead atoms. The van der Waals surface area contributed by atoms with Crippen LogP contribution < -0.4 is 9.47 Å². The molecule has 0 N–H and O–H groups in total. The van der Waals surface area contributed by atoms with Gasteiger partial charge in [-0.25, -0.2) is 0 Å². The Balaban J connectivity index is 2.04. The van der Waals surface area contributed by atoms with Gasteiger partial charge < -0.3 is 9.47 Å². The molecule has 3 nitrogen and oxygen atoms in total. The molecule has 0 unspecified atom stereocenters. The van der Waals surface area contributed by atoms with E-state index in [1.54, 1.807) is 19.3 Å². The maximum atomic E-state index is 12.6. The Labute approximate surface area is 134 Å². The van der Waals surface area contributed by atoms with Crippen LogP contribution in [-0.4, -0.2) is 12.9 Å². The van der Waals surface area contributed by atoms with Crippen molar-refractivity contribution in [1.82, 2.24) is 0 Å². The van der Waals surface area contributed by atoms with Crippen LogP contribution in [0.5, 0.6) is 11.5 Å². The molecule has 0 aromatic heterocycles. The van der Waals surface area contributed by atoms with Gasteiger partial charge in [0.1, 0.15) is 11.5 Å². The molecule has 1 aliphatic rings. The number of hydrogen-bond acceptors (Lipinski definition) is 3. The van der Waals surface area contributed by atoms with Gasteiger partial charge in [0.15, 0.2) is 5.76 Å². The zero-order valence-corrected chi connectivity index (χ0v) is 13.3. The Morgan fingerprint density at radius 2 is 2.00 bits per heavy atom. The number of carbonyl (C=O) groups excluding carboxylic acids is 1. The fourth-order valence-electron chi connectivity index (χ4n) is 2.55. The van der Waals surface area contributed by atoms with E-state index in [9.17, 15) is 4.79 Å². The number of halogens is 1. The van der Waals surface area contributed by atoms with Crippen molar-refractivity contribution >= 4 is 23.5 Å². The predicted molar refractivity (Wildman–Crippen MR) is 86.9 cm³/mol. The van der Waals surface area contributed by atoms with Crippen molar-refractivity contribution in [2.24, 2.45) is 0 Å². The molecular formula is C18H15ClO3. The summed E-state index contributed by atoms with van der Waals surface area (Å²) in [6, 6.07) is 9.25. The van der Waals surface area contributed by atoms with Gasteiger partial charge in [0.05, 0.1) is 12.7 Å². The lowest BCUT2D eigenvalue weighted by molar-refractivity contribution is 0.101. The molecular weight excluding hydrogens is 300 g/mol. The first kappa shape index (κ1) is 14.7. The number of rotatable bonds is 2. The lowest BCUT2D eigenvalue weighted by atomic mass is 10.0. The van der Waals surface area contributed by atoms with E-state index < -0.39 is 0 Å². The first-order valence-electron chi connectivity index (χ1n) is 6.89. The molecule has 0 saturated carbocycles. The number of benzene rings is 2. The molecule has 1 aliphatic heterocycles. The Kier molecular flexibility index (Phi) is 3.67. The van der Waals surface area contributed by atoms with Crippen molar-refractivity contribution in [2.45, 2.75) is 13.8 Å². The standard InChI is InChI=1S/C18H15ClO3/c1-10-7-14-16(11(2)17(10)19)18(20)15(22-14)9-12-5-4-6-13(8-12)21-3/h4-9H,1-3H3/b15-9-. The van der Waals surface area contributed by atoms with Crippen LogP contribution in [0.2, 0.25) is 5.02 Å². The predicted octanol–water partition coefficient (Wildman–Crippen LogP) is 4.58. The van der Waals surface area contributed by atoms with Crippen LogP contribution >= 0.6 is 11.6 Å². The SMILES string of the molecule is COc1cccc(/C=C2\Oc3cc(C)c(Cl)c(C)c3C2=O)c1. The molecule has 1 heterocycles. The average Bonchev–Trinajstić information content (AvgIpc) is 2.81. The summed E-state index contributed by atoms with van der Waals surface area (Å²) in [6.07, 6.45) is 1.72. The van der Waals surface area contributed by atoms with Gasteiger partial charge in [0.25, 0.3) is 0 Å². The molecule has 0 saturated heterocycles. The largest absolute Gasteiger partial charge is 0.497 e. The van der Waals surface area contributed by atoms with Crippen LogP contribution in [0.1, 0.15) is 27.0 Å². The first-order chi connectivity index (χ1) is 10.5. The van der Waals surface area contributed by atoms with Crippen molar-refractivity contribution in [3.63, 3.8) is 0 Å². The van der Waals surface area contributed by atoms with Gasteiger partial charge in [0.2, 0.25) is 5.78 Å². The van der Waals surface area contributed by atoms with E-state index in [1.165, 1.54) is 0 Å². The molecule has 0 fully saturated rings. The van der Waals surface area contributed by atoms with Crippen LogP contribution in [-0.2, 0) is 0 Å². The fraction of sp³-hybridized carbons (Fsp3) is 0.167. The zero-order chi connectivity index (χ0) is 15.9. The van der Waals surface area contributed by atoms with Gasteiger partial charge >= 0.3 is 0 Å². The van der Waals surface area contributed by atoms with Gasteiger partial charge in [-0.2, -0.15) is 0 Å². The van der Waals surface area contributed by atoms with Gasteiger partial charge in [-0.1, -0.05) is 23.7 Å². The number of fused-ring (bicyclic) bond motifs is 1. The number of hydrogen-bond donors (Lipinski definition) is 0. The summed E-state index contributed by atoms with van der Waals surface area (Å²) in [5.74, 6) is 1.45. The van der Waals surface area contributed by atoms with Crippen molar-refractivity contribution in [3.8, 4) is 11.5 Å². The number of allylic oxidation sites excluding steroid dienone is 1. The van der Waals surface area contributed by atoms with Crippen LogP contribution in [0.3, 0.4) is 0 Å². The summed E-state index contributed by atoms with van der Waals surface area (Å²) in [5, 5.41) is 0.610. The molecule has 0 atom stereocenters. The topological polar surface area (TPSA) is 35.5 Å². The highest BCUT2D eigenvalue weighted by Gasteiger charge is 2.30. The zero-order valence-electron chi connectivity index (χ0n) is 12.6. The number of ketones is 1. The van der Waals surface area contributed by atoms with Crippen LogP contribution in [0.25, 0.3) is 6.08 Å². The third-order valence-corrected chi connectivity index (χ3v) is 4.29. The van der Waals surface area contributed by atoms with E-state index in [-0.39, 0.29) is 5.78 Å². The summed E-state index contributed by atoms with van der Waals surface area (Å²) in [4.78, 5) is 12.6. The monoisotopic (exact) mass is 314 g/mol. The lowest BCUT2D eigenvalue weighted by Crippen LogP contribution is -2.00. The van der Waals surface area contributed by atoms with Crippen LogP contribution in [0.15, 0.2) is 36.1 Å². The summed E-state index contributed by atoms with van der Waals surface area (Å²) >= 11 is 6.23. The van der Waals surface area contributed by atoms with Gasteiger partial charge in [0, 0.05) is 5.02 Å². The van der Waals surface area contributed by atoms with Crippen LogP contribution in [0, 0.1) is 13.8 Å². The molecule has 0 amide bonds. The highest BCUT2D eigenvalue weighted by Crippen LogP contribution is 2.39. The van der Waals surface area contributed by atoms with Crippen molar-refractivity contribution < 1.29 is 14.3 Å². The Morgan fingerprint density at radius 3 is 2.73 bits per heavy atom. The Hall–Kier alpha value is -2.26. The number of Topliss-reactive ketones (excluding diaryl/α,β-unsaturated/α-hetero) is 1. The molecule has 0 spiro atoms. The summed E-state index contributed by atoms with van der Waals surface area (Å²) in [6.45, 7) is 3.73. The first-order valence-corrected chi connectivity index (χ1v) is 7.27. The number of ether oxygens (including phenoxy) is 2. The van der Waals surface area contributed by atoms with Gasteiger partial charge in [-0.3, -0.25) is 4.79 Å². The number of aryl methyl sites for hydroxylation is 1. The fourth-order valence-corrected chi connectivity index (χ4v) is 2.70. The molecule has 0 aliphatic carbocycles. The Bertz CT molecular complexity index is 806. The highest BCUT2D eigenvalue weighted by atomic mass is 35.5. The highest BCUT2D eigenvalue weighted by molar-refractivity contribution is 6.33. The molecule has 22 heavy (non-hydrogen) atoms. The molecule has 112 valence electrons. The minimum atomic E-state index is -0.141. The maximum absolute atomic E-state index is 12.6. The molecule has 0 radical (unpaired) electrons. The molecule has 2 aromatic rings. The normalized spacial score (nSPS) is 14.9. The summed E-state index contributed by atoms with van der Waals surface area (Å²) in [7, 11) is 1.60. The van der Waals surface area contributed by atoms with E-state index in [1.807, 2.05) is 38.1 Å². The van der Waals surface area contributed by atoms with E-state index >= 15 is 0 Å². The summed E-state index contributed by atoms with van der Waals surface area (Å²) in [5.41, 5.74) is 3.05. The second-order valence-electron chi connectivity index (χ2n) is 5.22. The van der Waals surface area contributed by atoms with Crippen molar-refractivity contribution in [3.05, 3.63) is 63.4 Å². The third-order valence-electron chi connectivity index (χ3n) is 3.71. The lowest BCUT2D eigenvalue weighted by Gasteiger charge is -2.05. The van der Waals surface area contributed by atoms with Crippen LogP contribution in [0.4, 0.5) is 0 Å². The second-order valence-corrected chi connectivity index (χ2v) is 5.60. The quantitative estimate of drug-likeness (QED) is 0.761. The van der Waals surface area contributed by atoms with E-state index in [4.69, 9.17) is 21.1 Å². The smallest absolute Gasteiger partial charge is 0.232 e. The Morgan fingerprint density at radius 1 is 1.23 bits per heavy atom. The third kappa shape index (κ3) is 2.38. The van der Waals surface area contributed by atoms with E-state index in [0.29, 0.717) is 22.1 Å². The van der Waals surface area contributed by atoms with Crippen molar-refractivity contribution in [1.29, 1.82) is 0 Å². The number of carbonyl (C=O) groups is 1. The summed E-state index contributed by atoms with van der Waals surface area (Å²) < 4.78 is 10.9. The maximum Gasteiger partial charge on any atom is 0.232 e. The average molecular weight is 315 g/mol. The van der Waals surface area contributed by atoms with Gasteiger partial charge in [-0.05, 0) is 54.8 Å². The second kappa shape index (κ2) is 5.50. The van der Waals surface area contributed by atoms with Gasteiger partial charge in [-0.15, -0.1) is 0 Å². The minimum absolute atomic E-state index is 0.141. The minimum Gasteiger partial charge on any atom is -0.497 e. The molecule has 2 aromatic carbocycles. The van der Waals surface area contributed by atoms with E-state index in [0.717, 1.165) is 22.4 Å².